The van der Waals surface area contributed by atoms with Crippen molar-refractivity contribution >= 4 is 9.84 Å². The summed E-state index contributed by atoms with van der Waals surface area (Å²) < 4.78 is 25.1. The third-order valence-electron chi connectivity index (χ3n) is 4.47. The van der Waals surface area contributed by atoms with E-state index in [9.17, 15) is 13.2 Å². The Kier molecular flexibility index (Phi) is 5.47. The molecule has 0 aliphatic rings. The Bertz CT molecular complexity index is 1120. The van der Waals surface area contributed by atoms with Crippen molar-refractivity contribution in [2.45, 2.75) is 32.1 Å². The van der Waals surface area contributed by atoms with Gasteiger partial charge in [-0.1, -0.05) is 60.7 Å². The van der Waals surface area contributed by atoms with E-state index >= 15 is 0 Å². The van der Waals surface area contributed by atoms with Gasteiger partial charge in [-0.05, 0) is 20.8 Å². The van der Waals surface area contributed by atoms with Gasteiger partial charge in [0.1, 0.15) is 11.4 Å². The van der Waals surface area contributed by atoms with Crippen LogP contribution in [0.15, 0.2) is 65.5 Å². The Morgan fingerprint density at radius 3 is 1.86 bits per heavy atom. The average Bonchev–Trinajstić information content (AvgIpc) is 2.67. The zero-order valence-corrected chi connectivity index (χ0v) is 17.0. The summed E-state index contributed by atoms with van der Waals surface area (Å²) in [5.74, 6) is -0.177. The van der Waals surface area contributed by atoms with E-state index in [-0.39, 0.29) is 12.3 Å². The molecule has 1 aromatic heterocycles. The highest BCUT2D eigenvalue weighted by Crippen LogP contribution is 2.27. The molecule has 7 heteroatoms. The van der Waals surface area contributed by atoms with Crippen LogP contribution in [0.4, 0.5) is 0 Å². The minimum Gasteiger partial charge on any atom is -0.244 e. The van der Waals surface area contributed by atoms with Crippen LogP contribution in [0.3, 0.4) is 0 Å². The molecule has 0 unspecified atom stereocenters. The molecule has 0 radical (unpaired) electrons. The number of nitrogens with zero attached hydrogens (tertiary/aromatic N) is 3. The molecule has 6 nitrogen and oxygen atoms in total. The zero-order valence-electron chi connectivity index (χ0n) is 16.2. The number of aromatic nitrogens is 3. The van der Waals surface area contributed by atoms with Gasteiger partial charge >= 0.3 is 5.69 Å². The number of hydrogen-bond acceptors (Lipinski definition) is 5. The second-order valence-electron chi connectivity index (χ2n) is 7.48. The maximum absolute atomic E-state index is 12.6. The summed E-state index contributed by atoms with van der Waals surface area (Å²) >= 11 is 0. The molecule has 3 aromatic rings. The van der Waals surface area contributed by atoms with Crippen molar-refractivity contribution in [1.29, 1.82) is 0 Å². The third kappa shape index (κ3) is 4.20. The minimum absolute atomic E-state index is 0.0413. The van der Waals surface area contributed by atoms with Gasteiger partial charge in [-0.3, -0.25) is 0 Å². The topological polar surface area (TPSA) is 81.9 Å². The molecule has 0 fully saturated rings. The van der Waals surface area contributed by atoms with Crippen LogP contribution in [0, 0.1) is 0 Å². The van der Waals surface area contributed by atoms with Gasteiger partial charge in [-0.25, -0.2) is 17.9 Å². The van der Waals surface area contributed by atoms with Crippen molar-refractivity contribution in [3.05, 3.63) is 71.1 Å². The van der Waals surface area contributed by atoms with Crippen molar-refractivity contribution < 1.29 is 8.42 Å². The van der Waals surface area contributed by atoms with E-state index in [2.05, 4.69) is 10.1 Å². The van der Waals surface area contributed by atoms with E-state index in [1.54, 1.807) is 20.8 Å². The van der Waals surface area contributed by atoms with E-state index in [0.29, 0.717) is 11.4 Å². The fourth-order valence-corrected chi connectivity index (χ4v) is 3.69. The van der Waals surface area contributed by atoms with Gasteiger partial charge in [0.15, 0.2) is 9.84 Å². The van der Waals surface area contributed by atoms with Gasteiger partial charge in [0.25, 0.3) is 0 Å². The van der Waals surface area contributed by atoms with Crippen LogP contribution < -0.4 is 5.69 Å². The second kappa shape index (κ2) is 7.67. The third-order valence-corrected chi connectivity index (χ3v) is 7.06. The van der Waals surface area contributed by atoms with Gasteiger partial charge in [0.05, 0.1) is 17.0 Å². The van der Waals surface area contributed by atoms with Gasteiger partial charge in [-0.2, -0.15) is 10.1 Å². The summed E-state index contributed by atoms with van der Waals surface area (Å²) in [5, 5.41) is 4.48. The number of sulfone groups is 1. The molecular weight excluding hydrogens is 374 g/mol. The molecule has 0 atom stereocenters. The molecule has 0 aliphatic carbocycles. The first-order valence-electron chi connectivity index (χ1n) is 9.01. The average molecular weight is 398 g/mol. The molecule has 2 aromatic carbocycles. The first-order chi connectivity index (χ1) is 13.2. The Morgan fingerprint density at radius 1 is 0.857 bits per heavy atom. The molecule has 0 saturated heterocycles. The first kappa shape index (κ1) is 19.9. The smallest absolute Gasteiger partial charge is 0.244 e. The fourth-order valence-electron chi connectivity index (χ4n) is 2.66. The summed E-state index contributed by atoms with van der Waals surface area (Å²) in [5.41, 5.74) is 2.04. The largest absolute Gasteiger partial charge is 0.364 e. The molecule has 0 bridgehead atoms. The van der Waals surface area contributed by atoms with Crippen LogP contribution in [0.5, 0.6) is 0 Å². The lowest BCUT2D eigenvalue weighted by Crippen LogP contribution is -2.35. The van der Waals surface area contributed by atoms with Gasteiger partial charge < -0.3 is 0 Å². The van der Waals surface area contributed by atoms with Crippen molar-refractivity contribution in [3.8, 4) is 22.5 Å². The summed E-state index contributed by atoms with van der Waals surface area (Å²) in [7, 11) is -3.38. The van der Waals surface area contributed by atoms with Crippen LogP contribution >= 0.6 is 0 Å². The summed E-state index contributed by atoms with van der Waals surface area (Å²) in [6, 6.07) is 18.8. The maximum Gasteiger partial charge on any atom is 0.364 e. The highest BCUT2D eigenvalue weighted by molar-refractivity contribution is 7.92. The summed E-state index contributed by atoms with van der Waals surface area (Å²) in [6.45, 7) is 4.89. The molecule has 146 valence electrons. The molecule has 0 spiro atoms. The predicted octanol–water partition coefficient (Wildman–Crippen LogP) is 3.19. The quantitative estimate of drug-likeness (QED) is 0.660. The minimum atomic E-state index is -3.38. The Balaban J connectivity index is 2.08. The Hall–Kier alpha value is -2.80. The van der Waals surface area contributed by atoms with Gasteiger partial charge in [-0.15, -0.1) is 0 Å². The molecule has 0 N–H and O–H groups in total. The van der Waals surface area contributed by atoms with Crippen molar-refractivity contribution in [3.63, 3.8) is 0 Å². The molecular formula is C21H23N3O3S. The first-order valence-corrected chi connectivity index (χ1v) is 10.7. The van der Waals surface area contributed by atoms with E-state index < -0.39 is 20.3 Å². The van der Waals surface area contributed by atoms with Crippen LogP contribution in [0.1, 0.15) is 20.8 Å². The van der Waals surface area contributed by atoms with E-state index in [1.165, 1.54) is 0 Å². The van der Waals surface area contributed by atoms with E-state index in [1.807, 2.05) is 60.7 Å². The number of rotatable bonds is 5. The van der Waals surface area contributed by atoms with Crippen LogP contribution in [0.2, 0.25) is 0 Å². The second-order valence-corrected chi connectivity index (χ2v) is 10.3. The van der Waals surface area contributed by atoms with Crippen LogP contribution in [-0.4, -0.2) is 33.7 Å². The predicted molar refractivity (Wildman–Crippen MR) is 111 cm³/mol. The molecule has 28 heavy (non-hydrogen) atoms. The number of hydrogen-bond donors (Lipinski definition) is 0. The number of benzene rings is 2. The lowest BCUT2D eigenvalue weighted by molar-refractivity contribution is 0.539. The lowest BCUT2D eigenvalue weighted by atomic mass is 10.0. The van der Waals surface area contributed by atoms with E-state index in [0.717, 1.165) is 15.8 Å². The highest BCUT2D eigenvalue weighted by atomic mass is 32.2. The van der Waals surface area contributed by atoms with Gasteiger partial charge in [0, 0.05) is 11.1 Å². The van der Waals surface area contributed by atoms with Crippen LogP contribution in [-0.2, 0) is 16.4 Å². The van der Waals surface area contributed by atoms with Crippen molar-refractivity contribution in [2.75, 3.05) is 5.75 Å². The SMILES string of the molecule is CC(C)(C)S(=O)(=O)CCn1nc(-c2ccccc2)c(-c2ccccc2)nc1=O. The molecule has 3 rings (SSSR count). The molecule has 1 heterocycles. The highest BCUT2D eigenvalue weighted by Gasteiger charge is 2.29. The Labute approximate surface area is 164 Å². The van der Waals surface area contributed by atoms with E-state index in [4.69, 9.17) is 0 Å². The summed E-state index contributed by atoms with van der Waals surface area (Å²) in [6.07, 6.45) is 0. The standard InChI is InChI=1S/C21H23N3O3S/c1-21(2,3)28(26,27)15-14-24-20(25)22-18(16-10-6-4-7-11-16)19(23-24)17-12-8-5-9-13-17/h4-13H,14-15H2,1-3H3. The lowest BCUT2D eigenvalue weighted by Gasteiger charge is -2.19. The molecule has 0 saturated carbocycles. The summed E-state index contributed by atoms with van der Waals surface area (Å²) in [4.78, 5) is 16.8. The zero-order chi connectivity index (χ0) is 20.4. The fraction of sp³-hybridized carbons (Fsp3) is 0.286. The monoisotopic (exact) mass is 397 g/mol. The maximum atomic E-state index is 12.6. The van der Waals surface area contributed by atoms with Crippen molar-refractivity contribution in [1.82, 2.24) is 14.8 Å². The van der Waals surface area contributed by atoms with Crippen molar-refractivity contribution in [2.24, 2.45) is 0 Å². The molecule has 0 amide bonds. The van der Waals surface area contributed by atoms with Gasteiger partial charge in [0.2, 0.25) is 0 Å². The van der Waals surface area contributed by atoms with Crippen LogP contribution in [0.25, 0.3) is 22.5 Å². The molecule has 0 aliphatic heterocycles. The Morgan fingerprint density at radius 2 is 1.36 bits per heavy atom. The number of aryl methyl sites for hydroxylation is 1. The normalized spacial score (nSPS) is 12.1.